The molecule has 1 heterocycles. The molecule has 0 fully saturated rings. The Morgan fingerprint density at radius 3 is 2.26 bits per heavy atom. The zero-order chi connectivity index (χ0) is 25.8. The number of alkyl halides is 6. The van der Waals surface area contributed by atoms with Crippen LogP contribution in [0.5, 0.6) is 17.5 Å². The van der Waals surface area contributed by atoms with Crippen molar-refractivity contribution in [2.75, 3.05) is 11.4 Å². The molecule has 1 N–H and O–H groups in total. The van der Waals surface area contributed by atoms with Crippen molar-refractivity contribution in [3.05, 3.63) is 65.2 Å². The van der Waals surface area contributed by atoms with Gasteiger partial charge in [0.15, 0.2) is 6.10 Å². The van der Waals surface area contributed by atoms with E-state index in [9.17, 15) is 35.8 Å². The minimum atomic E-state index is -5.02. The average molecular weight is 527 g/mol. The van der Waals surface area contributed by atoms with E-state index >= 15 is 0 Å². The minimum absolute atomic E-state index is 0.0680. The first-order valence-electron chi connectivity index (χ1n) is 9.48. The van der Waals surface area contributed by atoms with Crippen LogP contribution < -0.4 is 14.4 Å². The van der Waals surface area contributed by atoms with Crippen LogP contribution >= 0.6 is 11.6 Å². The van der Waals surface area contributed by atoms with Gasteiger partial charge < -0.3 is 19.5 Å². The summed E-state index contributed by atoms with van der Waals surface area (Å²) in [5, 5.41) is 9.10. The number of aliphatic hydroxyl groups is 1. The van der Waals surface area contributed by atoms with Crippen LogP contribution in [0.15, 0.2) is 48.5 Å². The lowest BCUT2D eigenvalue weighted by atomic mass is 10.2. The standard InChI is InChI=1S/C20H14ClF7N4O3/c21-16-29-17(31-18(30-16)34-13-6-4-12(22)5-7-13)32(10-15(33)19(23,24)25)9-11-2-1-3-14(8-11)35-20(26,27)28/h1-8,15,33H,9-10H2/t15-/m0/s1. The molecule has 0 amide bonds. The van der Waals surface area contributed by atoms with Crippen molar-refractivity contribution in [3.63, 3.8) is 0 Å². The number of rotatable bonds is 8. The third kappa shape index (κ3) is 8.10. The molecule has 0 bridgehead atoms. The molecule has 35 heavy (non-hydrogen) atoms. The van der Waals surface area contributed by atoms with Crippen LogP contribution in [0.25, 0.3) is 0 Å². The third-order valence-electron chi connectivity index (χ3n) is 4.16. The highest BCUT2D eigenvalue weighted by Gasteiger charge is 2.40. The lowest BCUT2D eigenvalue weighted by Crippen LogP contribution is -2.41. The lowest BCUT2D eigenvalue weighted by molar-refractivity contribution is -0.274. The predicted octanol–water partition coefficient (Wildman–Crippen LogP) is 5.28. The molecule has 0 aliphatic rings. The molecule has 0 aliphatic carbocycles. The van der Waals surface area contributed by atoms with Crippen LogP contribution in [-0.4, -0.2) is 45.2 Å². The van der Waals surface area contributed by atoms with Gasteiger partial charge in [-0.25, -0.2) is 4.39 Å². The summed E-state index contributed by atoms with van der Waals surface area (Å²) in [4.78, 5) is 12.1. The van der Waals surface area contributed by atoms with Gasteiger partial charge in [0.05, 0.1) is 6.54 Å². The molecular formula is C20H14ClF7N4O3. The SMILES string of the molecule is O[C@@H](CN(Cc1cccc(OC(F)(F)F)c1)c1nc(Cl)nc(Oc2ccc(F)cc2)n1)C(F)(F)F. The first-order valence-corrected chi connectivity index (χ1v) is 9.86. The molecular weight excluding hydrogens is 513 g/mol. The van der Waals surface area contributed by atoms with Gasteiger partial charge >= 0.3 is 18.5 Å². The molecule has 15 heteroatoms. The first kappa shape index (κ1) is 26.2. The fourth-order valence-corrected chi connectivity index (χ4v) is 2.86. The largest absolute Gasteiger partial charge is 0.573 e. The van der Waals surface area contributed by atoms with Gasteiger partial charge in [-0.1, -0.05) is 12.1 Å². The molecule has 0 saturated heterocycles. The molecule has 0 aliphatic heterocycles. The van der Waals surface area contributed by atoms with Gasteiger partial charge in [0.2, 0.25) is 11.2 Å². The smallest absolute Gasteiger partial charge is 0.424 e. The average Bonchev–Trinajstić information content (AvgIpc) is 2.73. The van der Waals surface area contributed by atoms with E-state index in [0.29, 0.717) is 0 Å². The van der Waals surface area contributed by atoms with Crippen molar-refractivity contribution in [1.82, 2.24) is 15.0 Å². The fraction of sp³-hybridized carbons (Fsp3) is 0.250. The minimum Gasteiger partial charge on any atom is -0.424 e. The number of anilines is 1. The molecule has 7 nitrogen and oxygen atoms in total. The molecule has 188 valence electrons. The number of ether oxygens (including phenoxy) is 2. The Balaban J connectivity index is 1.93. The Labute approximate surface area is 197 Å². The van der Waals surface area contributed by atoms with Gasteiger partial charge in [-0.05, 0) is 53.6 Å². The molecule has 1 aromatic heterocycles. The molecule has 0 radical (unpaired) electrons. The number of benzene rings is 2. The van der Waals surface area contributed by atoms with Crippen LogP contribution in [0.1, 0.15) is 5.56 Å². The molecule has 0 saturated carbocycles. The summed E-state index contributed by atoms with van der Waals surface area (Å²) < 4.78 is 98.9. The quantitative estimate of drug-likeness (QED) is 0.400. The van der Waals surface area contributed by atoms with Gasteiger partial charge in [-0.2, -0.15) is 28.1 Å². The van der Waals surface area contributed by atoms with Crippen molar-refractivity contribution < 1.29 is 45.3 Å². The van der Waals surface area contributed by atoms with Crippen molar-refractivity contribution >= 4 is 17.5 Å². The Morgan fingerprint density at radius 2 is 1.63 bits per heavy atom. The highest BCUT2D eigenvalue weighted by atomic mass is 35.5. The van der Waals surface area contributed by atoms with Crippen molar-refractivity contribution in [3.8, 4) is 17.5 Å². The second kappa shape index (κ2) is 10.5. The monoisotopic (exact) mass is 526 g/mol. The fourth-order valence-electron chi connectivity index (χ4n) is 2.71. The van der Waals surface area contributed by atoms with Crippen molar-refractivity contribution in [2.45, 2.75) is 25.2 Å². The normalized spacial score (nSPS) is 12.8. The van der Waals surface area contributed by atoms with Crippen LogP contribution in [0.2, 0.25) is 5.28 Å². The van der Waals surface area contributed by atoms with E-state index in [1.165, 1.54) is 24.3 Å². The summed E-state index contributed by atoms with van der Waals surface area (Å²) in [6.45, 7) is -1.59. The summed E-state index contributed by atoms with van der Waals surface area (Å²) in [5.41, 5.74) is 0.0682. The molecule has 3 rings (SSSR count). The second-order valence-corrected chi connectivity index (χ2v) is 7.21. The number of halogens is 8. The Hall–Kier alpha value is -3.39. The maximum absolute atomic E-state index is 13.1. The Kier molecular flexibility index (Phi) is 7.85. The highest BCUT2D eigenvalue weighted by molar-refractivity contribution is 6.28. The van der Waals surface area contributed by atoms with E-state index in [0.717, 1.165) is 29.2 Å². The Bertz CT molecular complexity index is 1150. The van der Waals surface area contributed by atoms with Crippen molar-refractivity contribution in [2.24, 2.45) is 0 Å². The lowest BCUT2D eigenvalue weighted by Gasteiger charge is -2.26. The van der Waals surface area contributed by atoms with E-state index < -0.39 is 60.5 Å². The van der Waals surface area contributed by atoms with E-state index in [2.05, 4.69) is 19.7 Å². The van der Waals surface area contributed by atoms with Crippen LogP contribution in [0.4, 0.5) is 36.7 Å². The van der Waals surface area contributed by atoms with Gasteiger partial charge in [0, 0.05) is 6.54 Å². The molecule has 3 aromatic rings. The number of aromatic nitrogens is 3. The zero-order valence-corrected chi connectivity index (χ0v) is 17.9. The number of nitrogens with zero attached hydrogens (tertiary/aromatic N) is 4. The summed E-state index contributed by atoms with van der Waals surface area (Å²) in [7, 11) is 0. The van der Waals surface area contributed by atoms with Gasteiger partial charge in [0.1, 0.15) is 17.3 Å². The van der Waals surface area contributed by atoms with Crippen molar-refractivity contribution in [1.29, 1.82) is 0 Å². The van der Waals surface area contributed by atoms with Crippen LogP contribution in [0, 0.1) is 5.82 Å². The van der Waals surface area contributed by atoms with E-state index in [1.807, 2.05) is 0 Å². The van der Waals surface area contributed by atoms with E-state index in [4.69, 9.17) is 16.3 Å². The highest BCUT2D eigenvalue weighted by Crippen LogP contribution is 2.28. The topological polar surface area (TPSA) is 80.6 Å². The summed E-state index contributed by atoms with van der Waals surface area (Å²) in [6, 6.07) is 8.58. The molecule has 0 spiro atoms. The summed E-state index contributed by atoms with van der Waals surface area (Å²) >= 11 is 5.85. The maximum atomic E-state index is 13.1. The number of hydrogen-bond acceptors (Lipinski definition) is 7. The number of hydrogen-bond donors (Lipinski definition) is 1. The van der Waals surface area contributed by atoms with E-state index in [1.54, 1.807) is 0 Å². The molecule has 1 atom stereocenters. The Morgan fingerprint density at radius 1 is 0.943 bits per heavy atom. The van der Waals surface area contributed by atoms with Gasteiger partial charge in [-0.15, -0.1) is 13.2 Å². The molecule has 0 unspecified atom stereocenters. The second-order valence-electron chi connectivity index (χ2n) is 6.88. The van der Waals surface area contributed by atoms with Gasteiger partial charge in [-0.3, -0.25) is 0 Å². The molecule has 2 aromatic carbocycles. The zero-order valence-electron chi connectivity index (χ0n) is 17.2. The number of aliphatic hydroxyl groups excluding tert-OH is 1. The van der Waals surface area contributed by atoms with E-state index in [-0.39, 0.29) is 11.3 Å². The third-order valence-corrected chi connectivity index (χ3v) is 4.33. The summed E-state index contributed by atoms with van der Waals surface area (Å²) in [6.07, 6.45) is -12.9. The van der Waals surface area contributed by atoms with Crippen LogP contribution in [-0.2, 0) is 6.54 Å². The summed E-state index contributed by atoms with van der Waals surface area (Å²) in [5.74, 6) is -1.58. The first-order chi connectivity index (χ1) is 16.3. The maximum Gasteiger partial charge on any atom is 0.573 e. The van der Waals surface area contributed by atoms with Gasteiger partial charge in [0.25, 0.3) is 0 Å². The predicted molar refractivity (Wildman–Crippen MR) is 108 cm³/mol. The van der Waals surface area contributed by atoms with Crippen LogP contribution in [0.3, 0.4) is 0 Å².